The molecule has 10 N–H and O–H groups in total. The number of allylic oxidation sites excluding steroid dienone is 6. The number of nitrogens with two attached hydrogens (primary N) is 1. The van der Waals surface area contributed by atoms with Crippen molar-refractivity contribution >= 4 is 25.7 Å². The summed E-state index contributed by atoms with van der Waals surface area (Å²) in [6.07, 6.45) is 3.69. The first-order chi connectivity index (χ1) is 33.0. The average molecular weight is 1030 g/mol. The van der Waals surface area contributed by atoms with Crippen molar-refractivity contribution in [1.82, 2.24) is 15.2 Å². The Hall–Kier alpha value is -3.44. The molecule has 3 rings (SSSR count). The van der Waals surface area contributed by atoms with Gasteiger partial charge in [-0.05, 0) is 64.9 Å². The normalized spacial score (nSPS) is 27.5. The standard InChI is InChI=1S/C50H83N4O16P/c1-28(22-41(51)57)16-14-17-29(2)31(4)23-32(5)42(58)34(7)37(55)24-40(66-13)45-46(70-71(62,63)64)49(8,9)50(69-45)25-38(56)33(6)39(68-50)19-15-18-35-26-67-48(53-35)30(3)20-21-52-47(61)44(60)43(59)36(27-65-12)54(10)11/h14-18,22-23,26,30,32-34,36-40,42-46,55-56,58-60H,19-21,24-25,27H2,1-13H3,(H2,51,57)(H,52,61)(H2,62,63,64)/b16-14+,18-15+,28-22+,29-17-,31-23+/t30-,32+,33-,34-,36+,37-,38+,39-,40-,42+,43+,44+,45+,46-,50+/m1/s1. The monoisotopic (exact) mass is 1030 g/mol. The lowest BCUT2D eigenvalue weighted by Gasteiger charge is -2.50. The number of amides is 2. The van der Waals surface area contributed by atoms with Crippen LogP contribution < -0.4 is 11.1 Å². The van der Waals surface area contributed by atoms with E-state index in [1.807, 2.05) is 46.8 Å². The number of carbonyl (C=O) groups is 2. The highest BCUT2D eigenvalue weighted by molar-refractivity contribution is 7.46. The highest BCUT2D eigenvalue weighted by Gasteiger charge is 2.68. The van der Waals surface area contributed by atoms with Crippen LogP contribution in [0.1, 0.15) is 105 Å². The van der Waals surface area contributed by atoms with Gasteiger partial charge in [-0.3, -0.25) is 14.1 Å². The highest BCUT2D eigenvalue weighted by atomic mass is 31.2. The van der Waals surface area contributed by atoms with E-state index in [4.69, 9.17) is 33.6 Å². The first-order valence-corrected chi connectivity index (χ1v) is 25.6. The van der Waals surface area contributed by atoms with Crippen LogP contribution in [0.3, 0.4) is 0 Å². The van der Waals surface area contributed by atoms with Gasteiger partial charge >= 0.3 is 7.82 Å². The molecular weight excluding hydrogens is 944 g/mol. The maximum atomic E-state index is 12.6. The van der Waals surface area contributed by atoms with Gasteiger partial charge in [0.15, 0.2) is 17.8 Å². The summed E-state index contributed by atoms with van der Waals surface area (Å²) >= 11 is 0. The van der Waals surface area contributed by atoms with Gasteiger partial charge in [0.25, 0.3) is 5.91 Å². The van der Waals surface area contributed by atoms with Crippen LogP contribution in [0, 0.1) is 23.2 Å². The van der Waals surface area contributed by atoms with Crippen LogP contribution in [-0.4, -0.2) is 165 Å². The van der Waals surface area contributed by atoms with E-state index in [1.54, 1.807) is 71.0 Å². The fraction of sp³-hybridized carbons (Fsp3) is 0.700. The number of nitrogens with zero attached hydrogens (tertiary/aromatic N) is 2. The van der Waals surface area contributed by atoms with Gasteiger partial charge in [-0.2, -0.15) is 0 Å². The second-order valence-corrected chi connectivity index (χ2v) is 21.3. The molecule has 20 nitrogen and oxygen atoms in total. The molecule has 0 aliphatic carbocycles. The minimum atomic E-state index is -5.16. The molecule has 71 heavy (non-hydrogen) atoms. The number of ether oxygens (including phenoxy) is 4. The molecule has 0 aromatic carbocycles. The molecule has 0 bridgehead atoms. The molecular formula is C50H83N4O16P. The Morgan fingerprint density at radius 3 is 2.31 bits per heavy atom. The number of likely N-dealkylation sites (N-methyl/N-ethyl adjacent to an activating group) is 1. The van der Waals surface area contributed by atoms with Crippen molar-refractivity contribution in [2.75, 3.05) is 41.5 Å². The van der Waals surface area contributed by atoms with Gasteiger partial charge in [0.1, 0.15) is 30.3 Å². The van der Waals surface area contributed by atoms with Crippen LogP contribution in [0.25, 0.3) is 6.08 Å². The number of carbonyl (C=O) groups excluding carboxylic acids is 2. The maximum absolute atomic E-state index is 12.6. The molecule has 15 atom stereocenters. The number of hydrogen-bond acceptors (Lipinski definition) is 16. The van der Waals surface area contributed by atoms with E-state index in [1.165, 1.54) is 26.6 Å². The van der Waals surface area contributed by atoms with E-state index in [9.17, 15) is 49.5 Å². The zero-order chi connectivity index (χ0) is 53.8. The van der Waals surface area contributed by atoms with Crippen molar-refractivity contribution in [3.8, 4) is 0 Å². The topological polar surface area (TPSA) is 306 Å². The first-order valence-electron chi connectivity index (χ1n) is 24.1. The molecule has 2 fully saturated rings. The Morgan fingerprint density at radius 2 is 1.72 bits per heavy atom. The van der Waals surface area contributed by atoms with Crippen LogP contribution in [0.5, 0.6) is 0 Å². The zero-order valence-electron chi connectivity index (χ0n) is 43.7. The third-order valence-electron chi connectivity index (χ3n) is 14.1. The molecule has 0 unspecified atom stereocenters. The summed E-state index contributed by atoms with van der Waals surface area (Å²) < 4.78 is 48.2. The van der Waals surface area contributed by atoms with Gasteiger partial charge < -0.3 is 74.6 Å². The van der Waals surface area contributed by atoms with E-state index in [-0.39, 0.29) is 38.3 Å². The second-order valence-electron chi connectivity index (χ2n) is 20.1. The Morgan fingerprint density at radius 1 is 1.06 bits per heavy atom. The third kappa shape index (κ3) is 17.0. The van der Waals surface area contributed by atoms with Crippen LogP contribution in [0.2, 0.25) is 0 Å². The van der Waals surface area contributed by atoms with Gasteiger partial charge in [0.2, 0.25) is 5.91 Å². The lowest BCUT2D eigenvalue weighted by molar-refractivity contribution is -0.334. The lowest BCUT2D eigenvalue weighted by atomic mass is 9.72. The minimum Gasteiger partial charge on any atom is -0.448 e. The molecule has 0 saturated carbocycles. The summed E-state index contributed by atoms with van der Waals surface area (Å²) in [6, 6.07) is -0.597. The number of phosphoric ester groups is 1. The maximum Gasteiger partial charge on any atom is 0.469 e. The van der Waals surface area contributed by atoms with Crippen LogP contribution in [-0.2, 0) is 37.6 Å². The molecule has 2 aliphatic heterocycles. The van der Waals surface area contributed by atoms with E-state index in [0.29, 0.717) is 23.6 Å². The number of aromatic nitrogens is 1. The molecule has 1 spiro atoms. The van der Waals surface area contributed by atoms with Crippen molar-refractivity contribution in [2.45, 2.75) is 161 Å². The Kier molecular flexibility index (Phi) is 23.7. The van der Waals surface area contributed by atoms with Crippen LogP contribution >= 0.6 is 7.82 Å². The molecule has 3 heterocycles. The Balaban J connectivity index is 1.74. The average Bonchev–Trinajstić information content (AvgIpc) is 3.83. The van der Waals surface area contributed by atoms with E-state index in [2.05, 4.69) is 10.3 Å². The number of hydrogen-bond donors (Lipinski definition) is 9. The Labute approximate surface area is 419 Å². The number of nitrogens with one attached hydrogen (secondary N) is 1. The van der Waals surface area contributed by atoms with Crippen molar-refractivity contribution in [2.24, 2.45) is 28.9 Å². The van der Waals surface area contributed by atoms with Crippen LogP contribution in [0.15, 0.2) is 63.9 Å². The first kappa shape index (κ1) is 61.9. The highest BCUT2D eigenvalue weighted by Crippen LogP contribution is 2.59. The summed E-state index contributed by atoms with van der Waals surface area (Å²) in [5, 5.41) is 58.3. The van der Waals surface area contributed by atoms with Crippen molar-refractivity contribution < 1.29 is 77.4 Å². The lowest BCUT2D eigenvalue weighted by Crippen LogP contribution is -2.58. The number of rotatable bonds is 27. The van der Waals surface area contributed by atoms with Gasteiger partial charge in [-0.25, -0.2) is 9.55 Å². The molecule has 0 radical (unpaired) electrons. The molecule has 404 valence electrons. The van der Waals surface area contributed by atoms with Crippen molar-refractivity contribution in [3.05, 3.63) is 71.0 Å². The number of phosphoric acid groups is 1. The van der Waals surface area contributed by atoms with Gasteiger partial charge in [-0.1, -0.05) is 77.5 Å². The summed E-state index contributed by atoms with van der Waals surface area (Å²) in [5.74, 6) is -4.23. The molecule has 1 aromatic rings. The molecule has 2 saturated heterocycles. The molecule has 1 aromatic heterocycles. The number of oxazole rings is 1. The van der Waals surface area contributed by atoms with Gasteiger partial charge in [0, 0.05) is 68.8 Å². The molecule has 21 heteroatoms. The number of primary amides is 1. The fourth-order valence-electron chi connectivity index (χ4n) is 9.09. The van der Waals surface area contributed by atoms with Crippen molar-refractivity contribution in [3.63, 3.8) is 0 Å². The summed E-state index contributed by atoms with van der Waals surface area (Å²) in [4.78, 5) is 50.4. The summed E-state index contributed by atoms with van der Waals surface area (Å²) in [6.45, 7) is 16.4. The van der Waals surface area contributed by atoms with E-state index < -0.39 is 110 Å². The smallest absolute Gasteiger partial charge is 0.448 e. The molecule has 2 aliphatic rings. The van der Waals surface area contributed by atoms with E-state index in [0.717, 1.165) is 11.1 Å². The summed E-state index contributed by atoms with van der Waals surface area (Å²) in [7, 11) is 1.10. The van der Waals surface area contributed by atoms with Gasteiger partial charge in [0.05, 0.1) is 43.2 Å². The van der Waals surface area contributed by atoms with Gasteiger partial charge in [-0.15, -0.1) is 0 Å². The van der Waals surface area contributed by atoms with Crippen LogP contribution in [0.4, 0.5) is 0 Å². The predicted molar refractivity (Wildman–Crippen MR) is 266 cm³/mol. The largest absolute Gasteiger partial charge is 0.469 e. The van der Waals surface area contributed by atoms with E-state index >= 15 is 0 Å². The zero-order valence-corrected chi connectivity index (χ0v) is 44.6. The predicted octanol–water partition coefficient (Wildman–Crippen LogP) is 3.65. The third-order valence-corrected chi connectivity index (χ3v) is 14.6. The minimum absolute atomic E-state index is 0.0709. The quantitative estimate of drug-likeness (QED) is 0.0345. The second kappa shape index (κ2) is 27.2. The SMILES string of the molecule is COC[C@@H]([C@H](O)[C@H](O)C(=O)NCC[C@@H](C)c1nc(/C=C/C[C@H]2O[C@@]3(C[C@H](O)[C@H]2C)O[C@@H]([C@@H](C[C@@H](O)[C@@H](C)[C@@H](O)[C@@H](C)/C=C(C)/C(C)=C\C=C\C(C)=C\C(N)=O)OC)[C@@H](OP(=O)(O)O)C3(C)C)co1)N(C)C. The number of methoxy groups -OCH3 is 2. The summed E-state index contributed by atoms with van der Waals surface area (Å²) in [5.41, 5.74) is 6.90. The fourth-order valence-corrected chi connectivity index (χ4v) is 9.77. The number of aliphatic hydroxyl groups is 5. The number of aliphatic hydroxyl groups excluding tert-OH is 5. The Bertz CT molecular complexity index is 2080. The van der Waals surface area contributed by atoms with Crippen molar-refractivity contribution in [1.29, 1.82) is 0 Å². The molecule has 2 amide bonds.